The van der Waals surface area contributed by atoms with Crippen LogP contribution >= 0.6 is 0 Å². The Morgan fingerprint density at radius 3 is 2.59 bits per heavy atom. The minimum atomic E-state index is -4.06. The van der Waals surface area contributed by atoms with E-state index in [4.69, 9.17) is 0 Å². The van der Waals surface area contributed by atoms with E-state index in [1.54, 1.807) is 0 Å². The number of hydrogen-bond donors (Lipinski definition) is 0. The molecular formula is C13H14F3N. The zero-order valence-corrected chi connectivity index (χ0v) is 9.59. The van der Waals surface area contributed by atoms with Gasteiger partial charge < -0.3 is 4.57 Å². The molecule has 0 atom stereocenters. The molecule has 0 N–H and O–H groups in total. The highest BCUT2D eigenvalue weighted by molar-refractivity contribution is 5.81. The van der Waals surface area contributed by atoms with Crippen LogP contribution in [0.2, 0.25) is 0 Å². The van der Waals surface area contributed by atoms with Crippen LogP contribution in [0.1, 0.15) is 18.5 Å². The Morgan fingerprint density at radius 2 is 1.88 bits per heavy atom. The summed E-state index contributed by atoms with van der Waals surface area (Å²) in [5.74, 6) is 0. The summed E-state index contributed by atoms with van der Waals surface area (Å²) in [6.07, 6.45) is -4.65. The summed E-state index contributed by atoms with van der Waals surface area (Å²) in [5.41, 5.74) is 2.01. The number of aromatic nitrogens is 1. The van der Waals surface area contributed by atoms with Gasteiger partial charge in [-0.15, -0.1) is 0 Å². The summed E-state index contributed by atoms with van der Waals surface area (Å²) < 4.78 is 38.2. The Labute approximate surface area is 97.9 Å². The van der Waals surface area contributed by atoms with E-state index >= 15 is 0 Å². The van der Waals surface area contributed by atoms with Crippen LogP contribution in [0.25, 0.3) is 10.9 Å². The van der Waals surface area contributed by atoms with Gasteiger partial charge in [0.05, 0.1) is 0 Å². The molecule has 0 saturated heterocycles. The highest BCUT2D eigenvalue weighted by Crippen LogP contribution is 2.24. The van der Waals surface area contributed by atoms with Gasteiger partial charge >= 0.3 is 6.18 Å². The zero-order valence-electron chi connectivity index (χ0n) is 9.59. The number of aryl methyl sites for hydroxylation is 2. The summed E-state index contributed by atoms with van der Waals surface area (Å²) in [6.45, 7) is 2.34. The van der Waals surface area contributed by atoms with Gasteiger partial charge in [0.15, 0.2) is 0 Å². The smallest absolute Gasteiger partial charge is 0.345 e. The molecule has 0 fully saturated rings. The molecular weight excluding hydrogens is 227 g/mol. The Hall–Kier alpha value is -1.45. The Morgan fingerprint density at radius 1 is 1.18 bits per heavy atom. The first-order valence-corrected chi connectivity index (χ1v) is 5.59. The zero-order chi connectivity index (χ0) is 12.5. The lowest BCUT2D eigenvalue weighted by Gasteiger charge is -2.09. The molecule has 0 aliphatic carbocycles. The minimum absolute atomic E-state index is 0.128. The van der Waals surface area contributed by atoms with Crippen molar-refractivity contribution < 1.29 is 13.2 Å². The molecule has 0 aliphatic heterocycles. The number of benzene rings is 1. The molecule has 0 aliphatic rings. The van der Waals surface area contributed by atoms with Gasteiger partial charge in [-0.1, -0.05) is 18.2 Å². The van der Waals surface area contributed by atoms with Gasteiger partial charge in [0.1, 0.15) is 0 Å². The van der Waals surface area contributed by atoms with Crippen LogP contribution in [0, 0.1) is 6.92 Å². The van der Waals surface area contributed by atoms with Crippen molar-refractivity contribution in [1.29, 1.82) is 0 Å². The van der Waals surface area contributed by atoms with Crippen molar-refractivity contribution in [1.82, 2.24) is 4.57 Å². The second kappa shape index (κ2) is 4.43. The fourth-order valence-electron chi connectivity index (χ4n) is 2.08. The van der Waals surface area contributed by atoms with Gasteiger partial charge in [0, 0.05) is 24.2 Å². The standard InChI is InChI=1S/C13H14F3N/c1-10-9-11-5-2-3-6-12(11)17(10)8-4-7-13(14,15)16/h2-3,5-6,9H,4,7-8H2,1H3. The summed E-state index contributed by atoms with van der Waals surface area (Å²) in [7, 11) is 0. The van der Waals surface area contributed by atoms with Crippen molar-refractivity contribution >= 4 is 10.9 Å². The lowest BCUT2D eigenvalue weighted by molar-refractivity contribution is -0.135. The summed E-state index contributed by atoms with van der Waals surface area (Å²) in [6, 6.07) is 9.76. The Kier molecular flexibility index (Phi) is 3.13. The van der Waals surface area contributed by atoms with E-state index < -0.39 is 12.6 Å². The Balaban J connectivity index is 2.15. The number of halogens is 3. The lowest BCUT2D eigenvalue weighted by atomic mass is 10.2. The topological polar surface area (TPSA) is 4.93 Å². The number of hydrogen-bond acceptors (Lipinski definition) is 0. The quantitative estimate of drug-likeness (QED) is 0.755. The molecule has 2 rings (SSSR count). The number of alkyl halides is 3. The molecule has 17 heavy (non-hydrogen) atoms. The van der Waals surface area contributed by atoms with E-state index in [1.165, 1.54) is 0 Å². The molecule has 0 unspecified atom stereocenters. The predicted octanol–water partition coefficient (Wildman–Crippen LogP) is 4.29. The first-order chi connectivity index (χ1) is 7.97. The molecule has 1 aromatic carbocycles. The van der Waals surface area contributed by atoms with Gasteiger partial charge in [0.25, 0.3) is 0 Å². The second-order valence-corrected chi connectivity index (χ2v) is 4.21. The summed E-state index contributed by atoms with van der Waals surface area (Å²) in [4.78, 5) is 0. The van der Waals surface area contributed by atoms with Gasteiger partial charge in [-0.3, -0.25) is 0 Å². The molecule has 2 aromatic rings. The average Bonchev–Trinajstić information content (AvgIpc) is 2.54. The minimum Gasteiger partial charge on any atom is -0.345 e. The molecule has 4 heteroatoms. The van der Waals surface area contributed by atoms with E-state index in [0.717, 1.165) is 16.6 Å². The van der Waals surface area contributed by atoms with Gasteiger partial charge in [-0.2, -0.15) is 13.2 Å². The van der Waals surface area contributed by atoms with E-state index in [-0.39, 0.29) is 6.42 Å². The van der Waals surface area contributed by atoms with Gasteiger partial charge in [-0.05, 0) is 30.9 Å². The van der Waals surface area contributed by atoms with Crippen molar-refractivity contribution in [3.05, 3.63) is 36.0 Å². The van der Waals surface area contributed by atoms with E-state index in [0.29, 0.717) is 6.54 Å². The predicted molar refractivity (Wildman–Crippen MR) is 62.0 cm³/mol. The third kappa shape index (κ3) is 2.81. The van der Waals surface area contributed by atoms with Crippen molar-refractivity contribution in [3.63, 3.8) is 0 Å². The molecule has 1 nitrogen and oxygen atoms in total. The maximum absolute atomic E-state index is 12.1. The molecule has 0 saturated carbocycles. The lowest BCUT2D eigenvalue weighted by Crippen LogP contribution is -2.09. The number of rotatable bonds is 3. The largest absolute Gasteiger partial charge is 0.389 e. The van der Waals surface area contributed by atoms with Gasteiger partial charge in [-0.25, -0.2) is 0 Å². The fourth-order valence-corrected chi connectivity index (χ4v) is 2.08. The van der Waals surface area contributed by atoms with Crippen molar-refractivity contribution in [2.45, 2.75) is 32.5 Å². The highest BCUT2D eigenvalue weighted by Gasteiger charge is 2.26. The van der Waals surface area contributed by atoms with E-state index in [2.05, 4.69) is 0 Å². The molecule has 1 aromatic heterocycles. The number of fused-ring (bicyclic) bond motifs is 1. The molecule has 0 spiro atoms. The fraction of sp³-hybridized carbons (Fsp3) is 0.385. The summed E-state index contributed by atoms with van der Waals surface area (Å²) in [5, 5.41) is 1.08. The third-order valence-electron chi connectivity index (χ3n) is 2.86. The van der Waals surface area contributed by atoms with E-state index in [1.807, 2.05) is 41.8 Å². The van der Waals surface area contributed by atoms with Gasteiger partial charge in [0.2, 0.25) is 0 Å². The van der Waals surface area contributed by atoms with Crippen molar-refractivity contribution in [2.75, 3.05) is 0 Å². The van der Waals surface area contributed by atoms with Crippen LogP contribution < -0.4 is 0 Å². The number of nitrogens with zero attached hydrogens (tertiary/aromatic N) is 1. The normalized spacial score (nSPS) is 12.2. The van der Waals surface area contributed by atoms with Crippen LogP contribution in [0.15, 0.2) is 30.3 Å². The SMILES string of the molecule is Cc1cc2ccccc2n1CCCC(F)(F)F. The van der Waals surface area contributed by atoms with Crippen LogP contribution in [0.4, 0.5) is 13.2 Å². The summed E-state index contributed by atoms with van der Waals surface area (Å²) >= 11 is 0. The highest BCUT2D eigenvalue weighted by atomic mass is 19.4. The number of para-hydroxylation sites is 1. The van der Waals surface area contributed by atoms with E-state index in [9.17, 15) is 13.2 Å². The van der Waals surface area contributed by atoms with Crippen molar-refractivity contribution in [3.8, 4) is 0 Å². The van der Waals surface area contributed by atoms with Crippen LogP contribution in [-0.4, -0.2) is 10.7 Å². The maximum atomic E-state index is 12.1. The van der Waals surface area contributed by atoms with Crippen LogP contribution in [0.3, 0.4) is 0 Å². The molecule has 92 valence electrons. The maximum Gasteiger partial charge on any atom is 0.389 e. The first-order valence-electron chi connectivity index (χ1n) is 5.59. The second-order valence-electron chi connectivity index (χ2n) is 4.21. The molecule has 0 radical (unpaired) electrons. The average molecular weight is 241 g/mol. The molecule has 1 heterocycles. The molecule has 0 bridgehead atoms. The Bertz CT molecular complexity index is 511. The monoisotopic (exact) mass is 241 g/mol. The molecule has 0 amide bonds. The van der Waals surface area contributed by atoms with Crippen molar-refractivity contribution in [2.24, 2.45) is 0 Å². The van der Waals surface area contributed by atoms with Crippen LogP contribution in [0.5, 0.6) is 0 Å². The first kappa shape index (κ1) is 12.0. The third-order valence-corrected chi connectivity index (χ3v) is 2.86. The van der Waals surface area contributed by atoms with Crippen LogP contribution in [-0.2, 0) is 6.54 Å².